The van der Waals surface area contributed by atoms with Gasteiger partial charge in [-0.05, 0) is 30.3 Å². The normalized spacial score (nSPS) is 15.2. The second kappa shape index (κ2) is 7.61. The van der Waals surface area contributed by atoms with Crippen molar-refractivity contribution in [3.05, 3.63) is 69.8 Å². The van der Waals surface area contributed by atoms with Crippen LogP contribution in [0.1, 0.15) is 17.0 Å². The molecule has 0 spiro atoms. The summed E-state index contributed by atoms with van der Waals surface area (Å²) in [5.74, 6) is -0.466. The van der Waals surface area contributed by atoms with Crippen molar-refractivity contribution in [2.75, 3.05) is 14.2 Å². The quantitative estimate of drug-likeness (QED) is 0.650. The summed E-state index contributed by atoms with van der Waals surface area (Å²) in [5, 5.41) is 17.0. The number of ether oxygens (including phenoxy) is 3. The van der Waals surface area contributed by atoms with Crippen LogP contribution in [0.25, 0.3) is 11.3 Å². The van der Waals surface area contributed by atoms with Gasteiger partial charge in [0.25, 0.3) is 0 Å². The van der Waals surface area contributed by atoms with Gasteiger partial charge in [-0.1, -0.05) is 17.7 Å². The summed E-state index contributed by atoms with van der Waals surface area (Å²) in [7, 11) is 3.06. The number of hydrogen-bond acceptors (Lipinski definition) is 6. The van der Waals surface area contributed by atoms with Crippen LogP contribution in [0.3, 0.4) is 0 Å². The number of hydrogen-bond donors (Lipinski definition) is 2. The van der Waals surface area contributed by atoms with Crippen LogP contribution in [0, 0.1) is 17.1 Å². The Morgan fingerprint density at radius 3 is 2.70 bits per heavy atom. The zero-order chi connectivity index (χ0) is 21.4. The molecule has 30 heavy (non-hydrogen) atoms. The van der Waals surface area contributed by atoms with Gasteiger partial charge in [0.15, 0.2) is 0 Å². The highest BCUT2D eigenvalue weighted by Crippen LogP contribution is 2.49. The molecule has 0 fully saturated rings. The summed E-state index contributed by atoms with van der Waals surface area (Å²) in [4.78, 5) is 0. The molecular formula is C21H16ClFN4O3. The summed E-state index contributed by atoms with van der Waals surface area (Å²) in [6.45, 7) is 0. The summed E-state index contributed by atoms with van der Waals surface area (Å²) >= 11 is 6.34. The molecule has 0 radical (unpaired) electrons. The number of nitrogens with one attached hydrogen (secondary N) is 1. The second-order valence-corrected chi connectivity index (χ2v) is 6.85. The number of benzene rings is 2. The molecule has 152 valence electrons. The lowest BCUT2D eigenvalue weighted by Crippen LogP contribution is -2.21. The maximum Gasteiger partial charge on any atom is 0.244 e. The number of halogens is 2. The third-order valence-corrected chi connectivity index (χ3v) is 5.23. The Kier molecular flexibility index (Phi) is 4.98. The maximum absolute atomic E-state index is 14.9. The molecule has 0 saturated heterocycles. The van der Waals surface area contributed by atoms with Gasteiger partial charge in [0.2, 0.25) is 11.8 Å². The van der Waals surface area contributed by atoms with Crippen LogP contribution in [0.15, 0.2) is 47.9 Å². The number of aromatic nitrogens is 2. The molecule has 0 saturated carbocycles. The number of allylic oxidation sites excluding steroid dienone is 1. The monoisotopic (exact) mass is 426 g/mol. The van der Waals surface area contributed by atoms with Crippen molar-refractivity contribution in [1.29, 1.82) is 5.26 Å². The molecule has 1 aromatic heterocycles. The summed E-state index contributed by atoms with van der Waals surface area (Å²) in [6, 6.07) is 11.5. The number of aromatic amines is 1. The summed E-state index contributed by atoms with van der Waals surface area (Å²) in [6.07, 6.45) is 0. The number of nitriles is 1. The van der Waals surface area contributed by atoms with Gasteiger partial charge in [-0.2, -0.15) is 5.26 Å². The molecule has 3 N–H and O–H groups in total. The Bertz CT molecular complexity index is 1200. The Labute approximate surface area is 176 Å². The minimum absolute atomic E-state index is 0.0269. The zero-order valence-corrected chi connectivity index (χ0v) is 16.7. The predicted octanol–water partition coefficient (Wildman–Crippen LogP) is 4.10. The van der Waals surface area contributed by atoms with Gasteiger partial charge in [-0.25, -0.2) is 4.39 Å². The van der Waals surface area contributed by atoms with Crippen molar-refractivity contribution in [2.45, 2.75) is 5.92 Å². The Hall–Kier alpha value is -3.70. The average molecular weight is 427 g/mol. The fourth-order valence-corrected chi connectivity index (χ4v) is 3.81. The first-order chi connectivity index (χ1) is 14.5. The van der Waals surface area contributed by atoms with E-state index in [9.17, 15) is 9.65 Å². The molecule has 0 bridgehead atoms. The minimum Gasteiger partial charge on any atom is -0.497 e. The minimum atomic E-state index is -0.933. The van der Waals surface area contributed by atoms with Crippen molar-refractivity contribution in [2.24, 2.45) is 5.73 Å². The molecular weight excluding hydrogens is 411 g/mol. The fourth-order valence-electron chi connectivity index (χ4n) is 3.53. The molecule has 1 atom stereocenters. The predicted molar refractivity (Wildman–Crippen MR) is 108 cm³/mol. The SMILES string of the molecule is COc1ccc(OC)c(-c2[nH]nc3c2[C@H](c2c(F)cccc2Cl)C(C#N)=C(N)O3)c1. The number of nitrogens with zero attached hydrogens (tertiary/aromatic N) is 2. The molecule has 2 heterocycles. The Morgan fingerprint density at radius 1 is 1.23 bits per heavy atom. The van der Waals surface area contributed by atoms with Crippen LogP contribution in [0.4, 0.5) is 4.39 Å². The summed E-state index contributed by atoms with van der Waals surface area (Å²) < 4.78 is 31.2. The van der Waals surface area contributed by atoms with Gasteiger partial charge in [0.05, 0.1) is 31.4 Å². The van der Waals surface area contributed by atoms with Gasteiger partial charge in [-0.15, -0.1) is 5.10 Å². The highest BCUT2D eigenvalue weighted by Gasteiger charge is 2.38. The van der Waals surface area contributed by atoms with Gasteiger partial charge in [0.1, 0.15) is 29.0 Å². The van der Waals surface area contributed by atoms with Crippen molar-refractivity contribution in [1.82, 2.24) is 10.2 Å². The van der Waals surface area contributed by atoms with E-state index in [-0.39, 0.29) is 27.9 Å². The molecule has 1 aliphatic heterocycles. The van der Waals surface area contributed by atoms with Crippen LogP contribution in [-0.4, -0.2) is 24.4 Å². The third kappa shape index (κ3) is 3.00. The number of H-pyrrole nitrogens is 1. The molecule has 0 aliphatic carbocycles. The molecule has 3 aromatic rings. The van der Waals surface area contributed by atoms with E-state index in [1.807, 2.05) is 6.07 Å². The van der Waals surface area contributed by atoms with Crippen LogP contribution >= 0.6 is 11.6 Å². The van der Waals surface area contributed by atoms with Crippen LogP contribution in [-0.2, 0) is 0 Å². The smallest absolute Gasteiger partial charge is 0.244 e. The van der Waals surface area contributed by atoms with E-state index in [0.717, 1.165) is 0 Å². The van der Waals surface area contributed by atoms with Gasteiger partial charge in [-0.3, -0.25) is 5.10 Å². The van der Waals surface area contributed by atoms with E-state index in [0.29, 0.717) is 28.3 Å². The standard InChI is InChI=1S/C21H16ClFN4O3/c1-28-10-6-7-15(29-2)11(8-10)19-18-16(17-13(22)4-3-5-14(17)23)12(9-24)20(25)30-21(18)27-26-19/h3-8,16H,25H2,1-2H3,(H,26,27)/t16-/m0/s1. The molecule has 9 heteroatoms. The van der Waals surface area contributed by atoms with Crippen molar-refractivity contribution in [3.8, 4) is 34.7 Å². The van der Waals surface area contributed by atoms with Crippen LogP contribution in [0.5, 0.6) is 17.4 Å². The second-order valence-electron chi connectivity index (χ2n) is 6.44. The lowest BCUT2D eigenvalue weighted by Gasteiger charge is -2.25. The van der Waals surface area contributed by atoms with Crippen molar-refractivity contribution < 1.29 is 18.6 Å². The highest BCUT2D eigenvalue weighted by molar-refractivity contribution is 6.31. The van der Waals surface area contributed by atoms with Gasteiger partial charge < -0.3 is 19.9 Å². The molecule has 4 rings (SSSR count). The maximum atomic E-state index is 14.9. The van der Waals surface area contributed by atoms with Crippen LogP contribution in [0.2, 0.25) is 5.02 Å². The molecule has 7 nitrogen and oxygen atoms in total. The third-order valence-electron chi connectivity index (χ3n) is 4.90. The molecule has 2 aromatic carbocycles. The van der Waals surface area contributed by atoms with Crippen LogP contribution < -0.4 is 19.9 Å². The fraction of sp³-hybridized carbons (Fsp3) is 0.143. The Balaban J connectivity index is 2.03. The summed E-state index contributed by atoms with van der Waals surface area (Å²) in [5.41, 5.74) is 7.55. The first-order valence-corrected chi connectivity index (χ1v) is 9.20. The molecule has 0 unspecified atom stereocenters. The van der Waals surface area contributed by atoms with Crippen molar-refractivity contribution in [3.63, 3.8) is 0 Å². The largest absolute Gasteiger partial charge is 0.497 e. The molecule has 0 amide bonds. The first-order valence-electron chi connectivity index (χ1n) is 8.82. The van der Waals surface area contributed by atoms with E-state index < -0.39 is 11.7 Å². The zero-order valence-electron chi connectivity index (χ0n) is 16.0. The number of fused-ring (bicyclic) bond motifs is 1. The van der Waals surface area contributed by atoms with E-state index in [4.69, 9.17) is 31.5 Å². The number of rotatable bonds is 4. The lowest BCUT2D eigenvalue weighted by atomic mass is 9.82. The average Bonchev–Trinajstić information content (AvgIpc) is 3.16. The van der Waals surface area contributed by atoms with E-state index in [1.54, 1.807) is 24.3 Å². The van der Waals surface area contributed by atoms with Gasteiger partial charge >= 0.3 is 0 Å². The number of methoxy groups -OCH3 is 2. The van der Waals surface area contributed by atoms with E-state index >= 15 is 0 Å². The topological polar surface area (TPSA) is 106 Å². The highest BCUT2D eigenvalue weighted by atomic mass is 35.5. The van der Waals surface area contributed by atoms with E-state index in [1.165, 1.54) is 26.4 Å². The van der Waals surface area contributed by atoms with Crippen molar-refractivity contribution >= 4 is 11.6 Å². The lowest BCUT2D eigenvalue weighted by molar-refractivity contribution is 0.378. The van der Waals surface area contributed by atoms with E-state index in [2.05, 4.69) is 10.2 Å². The number of nitrogens with two attached hydrogens (primary N) is 1. The van der Waals surface area contributed by atoms with Gasteiger partial charge in [0, 0.05) is 16.1 Å². The first kappa shape index (κ1) is 19.6. The molecule has 1 aliphatic rings. The Morgan fingerprint density at radius 2 is 2.03 bits per heavy atom.